The van der Waals surface area contributed by atoms with Crippen LogP contribution in [0.3, 0.4) is 0 Å². The molecule has 2 aromatic heterocycles. The molecule has 0 saturated heterocycles. The summed E-state index contributed by atoms with van der Waals surface area (Å²) >= 11 is 0. The monoisotopic (exact) mass is 1330 g/mol. The van der Waals surface area contributed by atoms with Crippen molar-refractivity contribution < 1.29 is 0 Å². The second kappa shape index (κ2) is 23.9. The quantitative estimate of drug-likeness (QED) is 0.141. The number of nitrogens with zero attached hydrogens (tertiary/aromatic N) is 4. The summed E-state index contributed by atoms with van der Waals surface area (Å²) in [5.74, 6) is 0. The maximum absolute atomic E-state index is 2.70. The summed E-state index contributed by atoms with van der Waals surface area (Å²) in [5, 5.41) is 5.01. The van der Waals surface area contributed by atoms with Crippen molar-refractivity contribution in [3.8, 4) is 55.9 Å². The summed E-state index contributed by atoms with van der Waals surface area (Å²) < 4.78 is 5.07. The molecule has 0 saturated carbocycles. The van der Waals surface area contributed by atoms with E-state index < -0.39 is 0 Å². The molecule has 506 valence electrons. The summed E-state index contributed by atoms with van der Waals surface area (Å²) in [6.07, 6.45) is 0. The fraction of sp³-hybridized carbons (Fsp3) is 0.204. The Morgan fingerprint density at radius 3 is 1.00 bits per heavy atom. The van der Waals surface area contributed by atoms with Crippen LogP contribution in [-0.2, 0) is 27.1 Å². The van der Waals surface area contributed by atoms with Crippen LogP contribution in [0.2, 0.25) is 0 Å². The molecule has 0 spiro atoms. The van der Waals surface area contributed by atoms with Crippen LogP contribution in [0.15, 0.2) is 279 Å². The molecule has 0 aliphatic carbocycles. The number of rotatable bonds is 8. The van der Waals surface area contributed by atoms with E-state index in [1.807, 2.05) is 0 Å². The van der Waals surface area contributed by atoms with E-state index >= 15 is 0 Å². The van der Waals surface area contributed by atoms with Crippen molar-refractivity contribution in [2.75, 3.05) is 9.80 Å². The fourth-order valence-corrected chi connectivity index (χ4v) is 16.9. The van der Waals surface area contributed by atoms with Crippen LogP contribution in [0, 0.1) is 0 Å². The summed E-state index contributed by atoms with van der Waals surface area (Å²) in [6.45, 7) is 35.0. The molecule has 2 aliphatic heterocycles. The van der Waals surface area contributed by atoms with Gasteiger partial charge in [-0.25, -0.2) is 0 Å². The van der Waals surface area contributed by atoms with Gasteiger partial charge in [-0.1, -0.05) is 298 Å². The lowest BCUT2D eigenvalue weighted by Gasteiger charge is -2.46. The van der Waals surface area contributed by atoms with Crippen LogP contribution < -0.4 is 26.2 Å². The Morgan fingerprint density at radius 1 is 0.233 bits per heavy atom. The van der Waals surface area contributed by atoms with Crippen molar-refractivity contribution >= 4 is 101 Å². The lowest BCUT2D eigenvalue weighted by Crippen LogP contribution is -2.61. The van der Waals surface area contributed by atoms with Crippen molar-refractivity contribution in [1.29, 1.82) is 0 Å². The highest BCUT2D eigenvalue weighted by atomic mass is 15.2. The molecule has 4 nitrogen and oxygen atoms in total. The Kier molecular flexibility index (Phi) is 15.2. The average molecular weight is 1340 g/mol. The van der Waals surface area contributed by atoms with Crippen molar-refractivity contribution in [2.45, 2.75) is 131 Å². The second-order valence-electron chi connectivity index (χ2n) is 34.2. The lowest BCUT2D eigenvalue weighted by atomic mass is 9.33. The third kappa shape index (κ3) is 10.9. The van der Waals surface area contributed by atoms with E-state index in [0.29, 0.717) is 0 Å². The lowest BCUT2D eigenvalue weighted by molar-refractivity contribution is 0.590. The van der Waals surface area contributed by atoms with Gasteiger partial charge in [0, 0.05) is 66.8 Å². The Balaban J connectivity index is 1.03. The molecule has 0 atom stereocenters. The molecule has 0 fully saturated rings. The normalized spacial score (nSPS) is 13.3. The third-order valence-corrected chi connectivity index (χ3v) is 22.2. The number of benzene rings is 13. The van der Waals surface area contributed by atoms with E-state index in [-0.39, 0.29) is 33.8 Å². The van der Waals surface area contributed by atoms with Gasteiger partial charge in [-0.3, -0.25) is 0 Å². The van der Waals surface area contributed by atoms with Gasteiger partial charge < -0.3 is 18.9 Å². The van der Waals surface area contributed by atoms with E-state index in [1.54, 1.807) is 0 Å². The maximum atomic E-state index is 2.70. The van der Waals surface area contributed by atoms with E-state index in [4.69, 9.17) is 0 Å². The molecule has 0 amide bonds. The first-order chi connectivity index (χ1) is 49.3. The third-order valence-electron chi connectivity index (χ3n) is 22.2. The summed E-state index contributed by atoms with van der Waals surface area (Å²) in [7, 11) is 0. The Labute approximate surface area is 609 Å². The molecule has 2 aliphatic rings. The zero-order chi connectivity index (χ0) is 71.4. The first kappa shape index (κ1) is 65.4. The van der Waals surface area contributed by atoms with Crippen molar-refractivity contribution in [1.82, 2.24) is 9.13 Å². The van der Waals surface area contributed by atoms with Gasteiger partial charge in [0.1, 0.15) is 0 Å². The number of aromatic nitrogens is 2. The highest BCUT2D eigenvalue weighted by molar-refractivity contribution is 7.00. The molecule has 17 rings (SSSR count). The molecule has 15 aromatic rings. The summed E-state index contributed by atoms with van der Waals surface area (Å²) in [6, 6.07) is 108. The largest absolute Gasteiger partial charge is 0.311 e. The maximum Gasteiger partial charge on any atom is 0.252 e. The predicted molar refractivity (Wildman–Crippen MR) is 444 cm³/mol. The van der Waals surface area contributed by atoms with Crippen LogP contribution in [0.1, 0.15) is 132 Å². The Morgan fingerprint density at radius 2 is 0.602 bits per heavy atom. The Hall–Kier alpha value is -10.9. The molecule has 0 unspecified atom stereocenters. The summed E-state index contributed by atoms with van der Waals surface area (Å²) in [5.41, 5.74) is 32.9. The minimum Gasteiger partial charge on any atom is -0.311 e. The number of hydrogen-bond acceptors (Lipinski definition) is 2. The van der Waals surface area contributed by atoms with Crippen LogP contribution >= 0.6 is 0 Å². The minimum atomic E-state index is -0.308. The first-order valence-electron chi connectivity index (χ1n) is 37.0. The first-order valence-corrected chi connectivity index (χ1v) is 37.0. The molecule has 103 heavy (non-hydrogen) atoms. The second-order valence-corrected chi connectivity index (χ2v) is 34.2. The van der Waals surface area contributed by atoms with E-state index in [0.717, 1.165) is 56.4 Å². The van der Waals surface area contributed by atoms with Gasteiger partial charge in [-0.2, -0.15) is 0 Å². The van der Waals surface area contributed by atoms with Gasteiger partial charge in [-0.05, 0) is 190 Å². The molecule has 4 heterocycles. The standard InChI is InChI=1S/C98H91BN4/c1-94(2,3)66-44-52-85-77(56-66)75-36-24-28-40-83(75)100(85)69-46-50-81-89(60-69)102(87-54-64(42-48-73(87)62-30-18-16-19-31-62)71-34-22-26-38-79(71)97(10,11)12)91-58-68(96(7,8)9)59-92-93(91)99(81)82-51-47-70(101-84-41-29-25-37-76(84)78-57-67(95(4,5)6)45-53-86(78)101)61-90(82)103(92)88-55-65(43-49-74(88)63-32-20-17-21-33-63)72-35-23-27-39-80(72)98(13,14)15/h16-61H,1-15H3. The van der Waals surface area contributed by atoms with Gasteiger partial charge in [0.25, 0.3) is 6.71 Å². The number of fused-ring (bicyclic) bond motifs is 10. The molecular formula is C98H91BN4. The highest BCUT2D eigenvalue weighted by Crippen LogP contribution is 2.53. The van der Waals surface area contributed by atoms with Crippen LogP contribution in [0.4, 0.5) is 34.1 Å². The van der Waals surface area contributed by atoms with Crippen molar-refractivity contribution in [3.63, 3.8) is 0 Å². The number of anilines is 6. The zero-order valence-electron chi connectivity index (χ0n) is 62.4. The molecular weight excluding hydrogens is 1240 g/mol. The molecule has 5 heteroatoms. The topological polar surface area (TPSA) is 16.3 Å². The van der Waals surface area contributed by atoms with Crippen molar-refractivity contribution in [3.05, 3.63) is 307 Å². The zero-order valence-corrected chi connectivity index (χ0v) is 62.4. The number of para-hydroxylation sites is 2. The van der Waals surface area contributed by atoms with Crippen LogP contribution in [0.25, 0.3) is 99.5 Å². The van der Waals surface area contributed by atoms with Gasteiger partial charge in [0.05, 0.1) is 33.4 Å². The van der Waals surface area contributed by atoms with Crippen molar-refractivity contribution in [2.24, 2.45) is 0 Å². The van der Waals surface area contributed by atoms with E-state index in [2.05, 4.69) is 402 Å². The number of hydrogen-bond donors (Lipinski definition) is 0. The van der Waals surface area contributed by atoms with Gasteiger partial charge >= 0.3 is 0 Å². The molecule has 0 bridgehead atoms. The minimum absolute atomic E-state index is 0.0317. The average Bonchev–Trinajstić information content (AvgIpc) is 0.897. The Bertz CT molecular complexity index is 5550. The molecule has 0 N–H and O–H groups in total. The van der Waals surface area contributed by atoms with E-state index in [1.165, 1.54) is 121 Å². The molecule has 13 aromatic carbocycles. The fourth-order valence-electron chi connectivity index (χ4n) is 16.9. The van der Waals surface area contributed by atoms with Gasteiger partial charge in [0.15, 0.2) is 0 Å². The predicted octanol–water partition coefficient (Wildman–Crippen LogP) is 25.1. The van der Waals surface area contributed by atoms with E-state index in [9.17, 15) is 0 Å². The van der Waals surface area contributed by atoms with Gasteiger partial charge in [-0.15, -0.1) is 0 Å². The smallest absolute Gasteiger partial charge is 0.252 e. The van der Waals surface area contributed by atoms with Crippen LogP contribution in [0.5, 0.6) is 0 Å². The van der Waals surface area contributed by atoms with Crippen LogP contribution in [-0.4, -0.2) is 15.8 Å². The summed E-state index contributed by atoms with van der Waals surface area (Å²) in [4.78, 5) is 5.41. The SMILES string of the molecule is CC(C)(C)c1cc2c3c(c1)N(c1cc(-c4ccccc4C(C)(C)C)ccc1-c1ccccc1)c1cc(-n4c5ccccc5c5cc(C(C)(C)C)ccc54)ccc1B3c1ccc(-n3c4ccccc4c4cc(C(C)(C)C)ccc43)cc1N2c1cc(-c2ccccc2C(C)(C)C)ccc1-c1ccccc1. The molecule has 0 radical (unpaired) electrons. The highest BCUT2D eigenvalue weighted by Gasteiger charge is 2.46. The van der Waals surface area contributed by atoms with Gasteiger partial charge in [0.2, 0.25) is 0 Å².